The minimum absolute atomic E-state index is 0.0453. The summed E-state index contributed by atoms with van der Waals surface area (Å²) in [4.78, 5) is 18.1. The maximum atomic E-state index is 10.9. The Hall–Kier alpha value is -0.970. The summed E-state index contributed by atoms with van der Waals surface area (Å²) in [7, 11) is 0. The van der Waals surface area contributed by atoms with Crippen LogP contribution < -0.4 is 0 Å². The SMILES string of the molecule is O=C(CBr)c1ncc(O)cn1. The third-order valence-electron chi connectivity index (χ3n) is 1.01. The van der Waals surface area contributed by atoms with Gasteiger partial charge in [-0.2, -0.15) is 0 Å². The lowest BCUT2D eigenvalue weighted by molar-refractivity contribution is 0.101. The quantitative estimate of drug-likeness (QED) is 0.586. The van der Waals surface area contributed by atoms with Gasteiger partial charge in [-0.1, -0.05) is 15.9 Å². The zero-order valence-electron chi connectivity index (χ0n) is 5.49. The second-order valence-corrected chi connectivity index (χ2v) is 2.38. The Kier molecular flexibility index (Phi) is 2.53. The molecule has 0 aliphatic carbocycles. The van der Waals surface area contributed by atoms with Crippen LogP contribution in [0.4, 0.5) is 0 Å². The van der Waals surface area contributed by atoms with Crippen molar-refractivity contribution in [1.29, 1.82) is 0 Å². The van der Waals surface area contributed by atoms with Gasteiger partial charge in [0.1, 0.15) is 0 Å². The maximum absolute atomic E-state index is 10.9. The molecular weight excluding hydrogens is 212 g/mol. The number of carbonyl (C=O) groups is 1. The molecule has 0 saturated heterocycles. The number of rotatable bonds is 2. The maximum Gasteiger partial charge on any atom is 0.210 e. The summed E-state index contributed by atoms with van der Waals surface area (Å²) in [5.74, 6) is -0.138. The molecule has 1 aromatic heterocycles. The average Bonchev–Trinajstić information content (AvgIpc) is 2.05. The Labute approximate surface area is 71.4 Å². The summed E-state index contributed by atoms with van der Waals surface area (Å²) in [5.41, 5.74) is 0. The van der Waals surface area contributed by atoms with Gasteiger partial charge in [-0.15, -0.1) is 0 Å². The van der Waals surface area contributed by atoms with Crippen LogP contribution in [0.3, 0.4) is 0 Å². The first-order valence-corrected chi connectivity index (χ1v) is 3.96. The molecule has 11 heavy (non-hydrogen) atoms. The molecular formula is C6H5BrN2O2. The third-order valence-corrected chi connectivity index (χ3v) is 1.52. The Morgan fingerprint density at radius 2 is 2.09 bits per heavy atom. The van der Waals surface area contributed by atoms with E-state index in [-0.39, 0.29) is 22.7 Å². The molecule has 0 aliphatic rings. The molecule has 1 N–H and O–H groups in total. The molecule has 0 saturated carbocycles. The van der Waals surface area contributed by atoms with Crippen molar-refractivity contribution in [2.24, 2.45) is 0 Å². The summed E-state index contributed by atoms with van der Waals surface area (Å²) >= 11 is 2.98. The molecule has 0 aliphatic heterocycles. The number of halogens is 1. The van der Waals surface area contributed by atoms with Crippen molar-refractivity contribution in [3.05, 3.63) is 18.2 Å². The Balaban J connectivity index is 2.90. The molecule has 0 radical (unpaired) electrons. The van der Waals surface area contributed by atoms with Crippen molar-refractivity contribution in [3.63, 3.8) is 0 Å². The summed E-state index contributed by atoms with van der Waals surface area (Å²) in [6.07, 6.45) is 2.37. The van der Waals surface area contributed by atoms with Crippen LogP contribution in [0.1, 0.15) is 10.6 Å². The van der Waals surface area contributed by atoms with E-state index in [1.54, 1.807) is 0 Å². The van der Waals surface area contributed by atoms with Gasteiger partial charge in [0, 0.05) is 0 Å². The number of nitrogens with zero attached hydrogens (tertiary/aromatic N) is 2. The lowest BCUT2D eigenvalue weighted by Gasteiger charge is -1.93. The molecule has 0 spiro atoms. The predicted molar refractivity (Wildman–Crippen MR) is 41.8 cm³/mol. The van der Waals surface area contributed by atoms with Gasteiger partial charge in [0.2, 0.25) is 5.78 Å². The van der Waals surface area contributed by atoms with Crippen molar-refractivity contribution < 1.29 is 9.90 Å². The van der Waals surface area contributed by atoms with Gasteiger partial charge in [-0.25, -0.2) is 9.97 Å². The van der Waals surface area contributed by atoms with Crippen molar-refractivity contribution >= 4 is 21.7 Å². The van der Waals surface area contributed by atoms with Crippen LogP contribution in [0.15, 0.2) is 12.4 Å². The molecule has 0 unspecified atom stereocenters. The number of aromatic nitrogens is 2. The molecule has 1 heterocycles. The number of alkyl halides is 1. The van der Waals surface area contributed by atoms with Crippen molar-refractivity contribution in [3.8, 4) is 5.75 Å². The van der Waals surface area contributed by atoms with E-state index in [0.717, 1.165) is 0 Å². The standard InChI is InChI=1S/C6H5BrN2O2/c7-1-5(11)6-8-2-4(10)3-9-6/h2-3,10H,1H2. The largest absolute Gasteiger partial charge is 0.505 e. The number of hydrogen-bond donors (Lipinski definition) is 1. The van der Waals surface area contributed by atoms with Gasteiger partial charge >= 0.3 is 0 Å². The van der Waals surface area contributed by atoms with Crippen molar-refractivity contribution in [2.45, 2.75) is 0 Å². The summed E-state index contributed by atoms with van der Waals surface area (Å²) in [6.45, 7) is 0. The van der Waals surface area contributed by atoms with E-state index in [1.165, 1.54) is 12.4 Å². The summed E-state index contributed by atoms with van der Waals surface area (Å²) < 4.78 is 0. The van der Waals surface area contributed by atoms with Gasteiger partial charge in [0.05, 0.1) is 17.7 Å². The third kappa shape index (κ3) is 1.98. The Bertz CT molecular complexity index is 260. The number of ketones is 1. The highest BCUT2D eigenvalue weighted by Crippen LogP contribution is 2.03. The Morgan fingerprint density at radius 1 is 1.55 bits per heavy atom. The second kappa shape index (κ2) is 3.43. The molecule has 0 bridgehead atoms. The van der Waals surface area contributed by atoms with E-state index in [0.29, 0.717) is 0 Å². The number of carbonyl (C=O) groups excluding carboxylic acids is 1. The van der Waals surface area contributed by atoms with E-state index in [2.05, 4.69) is 25.9 Å². The zero-order valence-corrected chi connectivity index (χ0v) is 7.08. The first kappa shape index (κ1) is 8.13. The van der Waals surface area contributed by atoms with Gasteiger partial charge in [0.25, 0.3) is 0 Å². The lowest BCUT2D eigenvalue weighted by Crippen LogP contribution is -2.05. The molecule has 58 valence electrons. The predicted octanol–water partition coefficient (Wildman–Crippen LogP) is 0.760. The Morgan fingerprint density at radius 3 is 2.55 bits per heavy atom. The highest BCUT2D eigenvalue weighted by molar-refractivity contribution is 9.09. The summed E-state index contributed by atoms with van der Waals surface area (Å²) in [6, 6.07) is 0. The first-order chi connectivity index (χ1) is 5.24. The summed E-state index contributed by atoms with van der Waals surface area (Å²) in [5, 5.41) is 8.96. The van der Waals surface area contributed by atoms with Crippen LogP contribution in [0.25, 0.3) is 0 Å². The van der Waals surface area contributed by atoms with Crippen LogP contribution in [-0.2, 0) is 0 Å². The monoisotopic (exact) mass is 216 g/mol. The van der Waals surface area contributed by atoms with Gasteiger partial charge in [0.15, 0.2) is 11.6 Å². The van der Waals surface area contributed by atoms with Crippen LogP contribution in [0, 0.1) is 0 Å². The van der Waals surface area contributed by atoms with Crippen molar-refractivity contribution in [2.75, 3.05) is 5.33 Å². The van der Waals surface area contributed by atoms with E-state index in [4.69, 9.17) is 5.11 Å². The minimum Gasteiger partial charge on any atom is -0.505 e. The molecule has 0 amide bonds. The molecule has 1 rings (SSSR count). The van der Waals surface area contributed by atoms with Crippen molar-refractivity contribution in [1.82, 2.24) is 9.97 Å². The lowest BCUT2D eigenvalue weighted by atomic mass is 10.4. The fourth-order valence-electron chi connectivity index (χ4n) is 0.525. The number of aromatic hydroxyl groups is 1. The smallest absolute Gasteiger partial charge is 0.210 e. The topological polar surface area (TPSA) is 63.1 Å². The zero-order chi connectivity index (χ0) is 8.27. The highest BCUT2D eigenvalue weighted by atomic mass is 79.9. The molecule has 5 heteroatoms. The van der Waals surface area contributed by atoms with Crippen LogP contribution in [0.2, 0.25) is 0 Å². The molecule has 4 nitrogen and oxygen atoms in total. The first-order valence-electron chi connectivity index (χ1n) is 2.84. The van der Waals surface area contributed by atoms with Gasteiger partial charge in [-0.05, 0) is 0 Å². The highest BCUT2D eigenvalue weighted by Gasteiger charge is 2.05. The van der Waals surface area contributed by atoms with Gasteiger partial charge < -0.3 is 5.11 Å². The number of hydrogen-bond acceptors (Lipinski definition) is 4. The van der Waals surface area contributed by atoms with Crippen LogP contribution in [0.5, 0.6) is 5.75 Å². The van der Waals surface area contributed by atoms with Crippen LogP contribution >= 0.6 is 15.9 Å². The fraction of sp³-hybridized carbons (Fsp3) is 0.167. The molecule has 1 aromatic rings. The number of Topliss-reactive ketones (excluding diaryl/α,β-unsaturated/α-hetero) is 1. The van der Waals surface area contributed by atoms with Gasteiger partial charge in [-0.3, -0.25) is 4.79 Å². The van der Waals surface area contributed by atoms with E-state index in [1.807, 2.05) is 0 Å². The average molecular weight is 217 g/mol. The van der Waals surface area contributed by atoms with E-state index >= 15 is 0 Å². The van der Waals surface area contributed by atoms with E-state index in [9.17, 15) is 4.79 Å². The van der Waals surface area contributed by atoms with Crippen LogP contribution in [-0.4, -0.2) is 26.2 Å². The van der Waals surface area contributed by atoms with E-state index < -0.39 is 0 Å². The fourth-order valence-corrected chi connectivity index (χ4v) is 0.776. The second-order valence-electron chi connectivity index (χ2n) is 1.82. The molecule has 0 atom stereocenters. The minimum atomic E-state index is -0.204. The molecule has 0 fully saturated rings. The normalized spacial score (nSPS) is 9.55. The molecule has 0 aromatic carbocycles.